The normalized spacial score (nSPS) is 12.3. The van der Waals surface area contributed by atoms with Gasteiger partial charge in [-0.1, -0.05) is 24.3 Å². The highest BCUT2D eigenvalue weighted by Crippen LogP contribution is 2.23. The summed E-state index contributed by atoms with van der Waals surface area (Å²) in [4.78, 5) is 1.48. The van der Waals surface area contributed by atoms with Crippen molar-refractivity contribution in [3.8, 4) is 5.75 Å². The van der Waals surface area contributed by atoms with Gasteiger partial charge in [-0.25, -0.2) is 0 Å². The van der Waals surface area contributed by atoms with Crippen LogP contribution in [0.5, 0.6) is 5.75 Å². The first-order valence-corrected chi connectivity index (χ1v) is 8.00. The number of benzene rings is 1. The smallest absolute Gasteiger partial charge is 0.122 e. The van der Waals surface area contributed by atoms with Crippen LogP contribution in [0.4, 0.5) is 0 Å². The van der Waals surface area contributed by atoms with Crippen LogP contribution in [-0.4, -0.2) is 20.7 Å². The Balaban J connectivity index is 1.97. The Morgan fingerprint density at radius 2 is 2.05 bits per heavy atom. The van der Waals surface area contributed by atoms with Gasteiger partial charge in [-0.2, -0.15) is 0 Å². The van der Waals surface area contributed by atoms with Crippen LogP contribution in [0.2, 0.25) is 0 Å². The average molecular weight is 289 g/mol. The highest BCUT2D eigenvalue weighted by atomic mass is 32.1. The van der Waals surface area contributed by atoms with Gasteiger partial charge in [0.15, 0.2) is 0 Å². The molecule has 2 nitrogen and oxygen atoms in total. The molecule has 3 heteroatoms. The zero-order valence-corrected chi connectivity index (χ0v) is 13.1. The molecule has 1 unspecified atom stereocenters. The van der Waals surface area contributed by atoms with Crippen LogP contribution in [0.15, 0.2) is 41.8 Å². The third-order valence-corrected chi connectivity index (χ3v) is 4.51. The fourth-order valence-electron chi connectivity index (χ4n) is 2.55. The number of para-hydroxylation sites is 1. The zero-order valence-electron chi connectivity index (χ0n) is 12.3. The Kier molecular flexibility index (Phi) is 6.09. The van der Waals surface area contributed by atoms with E-state index in [-0.39, 0.29) is 0 Å². The standard InChI is InChI=1S/C17H23NOS/c1-18-13-14(9-10-16-7-5-11-20-16)12-15-6-3-4-8-17(15)19-2/h3-8,11,14,18H,9-10,12-13H2,1-2H3. The van der Waals surface area contributed by atoms with E-state index in [2.05, 4.69) is 35.0 Å². The summed E-state index contributed by atoms with van der Waals surface area (Å²) in [5.74, 6) is 1.64. The molecule has 0 spiro atoms. The van der Waals surface area contributed by atoms with Gasteiger partial charge in [0.2, 0.25) is 0 Å². The quantitative estimate of drug-likeness (QED) is 0.799. The van der Waals surface area contributed by atoms with Crippen LogP contribution < -0.4 is 10.1 Å². The number of aryl methyl sites for hydroxylation is 1. The molecule has 1 atom stereocenters. The summed E-state index contributed by atoms with van der Waals surface area (Å²) in [5.41, 5.74) is 1.31. The molecule has 20 heavy (non-hydrogen) atoms. The summed E-state index contributed by atoms with van der Waals surface area (Å²) in [7, 11) is 3.78. The van der Waals surface area contributed by atoms with Crippen LogP contribution >= 0.6 is 11.3 Å². The predicted molar refractivity (Wildman–Crippen MR) is 86.8 cm³/mol. The summed E-state index contributed by atoms with van der Waals surface area (Å²) in [6.07, 6.45) is 3.44. The Bertz CT molecular complexity index is 495. The first kappa shape index (κ1) is 15.1. The van der Waals surface area contributed by atoms with Crippen molar-refractivity contribution in [3.05, 3.63) is 52.2 Å². The highest BCUT2D eigenvalue weighted by molar-refractivity contribution is 7.09. The van der Waals surface area contributed by atoms with Crippen LogP contribution in [-0.2, 0) is 12.8 Å². The lowest BCUT2D eigenvalue weighted by atomic mass is 9.94. The molecule has 1 aromatic carbocycles. The first-order chi connectivity index (χ1) is 9.83. The molecule has 0 bridgehead atoms. The van der Waals surface area contributed by atoms with Crippen LogP contribution in [0.1, 0.15) is 16.9 Å². The van der Waals surface area contributed by atoms with E-state index in [1.54, 1.807) is 7.11 Å². The van der Waals surface area contributed by atoms with E-state index in [1.165, 1.54) is 23.3 Å². The van der Waals surface area contributed by atoms with Crippen molar-refractivity contribution in [1.82, 2.24) is 5.32 Å². The van der Waals surface area contributed by atoms with Gasteiger partial charge in [-0.15, -0.1) is 11.3 Å². The topological polar surface area (TPSA) is 21.3 Å². The monoisotopic (exact) mass is 289 g/mol. The second kappa shape index (κ2) is 8.08. The van der Waals surface area contributed by atoms with E-state index in [0.717, 1.165) is 18.7 Å². The maximum Gasteiger partial charge on any atom is 0.122 e. The fraction of sp³-hybridized carbons (Fsp3) is 0.412. The molecule has 2 rings (SSSR count). The number of hydrogen-bond acceptors (Lipinski definition) is 3. The Morgan fingerprint density at radius 1 is 1.20 bits per heavy atom. The summed E-state index contributed by atoms with van der Waals surface area (Å²) in [6.45, 7) is 1.05. The molecular formula is C17H23NOS. The maximum atomic E-state index is 5.46. The zero-order chi connectivity index (χ0) is 14.2. The number of methoxy groups -OCH3 is 1. The molecule has 0 radical (unpaired) electrons. The van der Waals surface area contributed by atoms with Crippen molar-refractivity contribution in [2.24, 2.45) is 5.92 Å². The molecule has 0 aliphatic heterocycles. The highest BCUT2D eigenvalue weighted by Gasteiger charge is 2.12. The molecular weight excluding hydrogens is 266 g/mol. The number of nitrogens with one attached hydrogen (secondary N) is 1. The lowest BCUT2D eigenvalue weighted by Gasteiger charge is -2.18. The molecule has 108 valence electrons. The molecule has 0 fully saturated rings. The van der Waals surface area contributed by atoms with Crippen LogP contribution in [0.3, 0.4) is 0 Å². The molecule has 0 aliphatic rings. The van der Waals surface area contributed by atoms with E-state index in [9.17, 15) is 0 Å². The number of thiophene rings is 1. The van der Waals surface area contributed by atoms with Crippen molar-refractivity contribution in [2.45, 2.75) is 19.3 Å². The summed E-state index contributed by atoms with van der Waals surface area (Å²) in [5, 5.41) is 5.47. The Hall–Kier alpha value is -1.32. The van der Waals surface area contributed by atoms with E-state index in [0.29, 0.717) is 5.92 Å². The first-order valence-electron chi connectivity index (χ1n) is 7.12. The Labute approximate surface area is 125 Å². The molecule has 1 aromatic heterocycles. The molecule has 1 N–H and O–H groups in total. The summed E-state index contributed by atoms with van der Waals surface area (Å²) < 4.78 is 5.46. The number of rotatable bonds is 8. The third kappa shape index (κ3) is 4.36. The van der Waals surface area contributed by atoms with Crippen molar-refractivity contribution in [1.29, 1.82) is 0 Å². The minimum Gasteiger partial charge on any atom is -0.496 e. The van der Waals surface area contributed by atoms with E-state index < -0.39 is 0 Å². The van der Waals surface area contributed by atoms with Gasteiger partial charge >= 0.3 is 0 Å². The number of hydrogen-bond donors (Lipinski definition) is 1. The van der Waals surface area contributed by atoms with E-state index >= 15 is 0 Å². The van der Waals surface area contributed by atoms with Crippen molar-refractivity contribution < 1.29 is 4.74 Å². The van der Waals surface area contributed by atoms with Gasteiger partial charge in [-0.3, -0.25) is 0 Å². The summed E-state index contributed by atoms with van der Waals surface area (Å²) >= 11 is 1.85. The minimum atomic E-state index is 0.637. The van der Waals surface area contributed by atoms with Crippen molar-refractivity contribution >= 4 is 11.3 Å². The van der Waals surface area contributed by atoms with Gasteiger partial charge in [0.1, 0.15) is 5.75 Å². The number of ether oxygens (including phenoxy) is 1. The molecule has 0 amide bonds. The SMILES string of the molecule is CNCC(CCc1cccs1)Cc1ccccc1OC. The molecule has 2 aromatic rings. The lowest BCUT2D eigenvalue weighted by Crippen LogP contribution is -2.21. The molecule has 0 aliphatic carbocycles. The molecule has 1 heterocycles. The van der Waals surface area contributed by atoms with Gasteiger partial charge in [0.05, 0.1) is 7.11 Å². The largest absolute Gasteiger partial charge is 0.496 e. The van der Waals surface area contributed by atoms with Gasteiger partial charge < -0.3 is 10.1 Å². The third-order valence-electron chi connectivity index (χ3n) is 3.57. The van der Waals surface area contributed by atoms with Gasteiger partial charge in [0, 0.05) is 4.88 Å². The van der Waals surface area contributed by atoms with E-state index in [1.807, 2.05) is 30.5 Å². The predicted octanol–water partition coefficient (Wildman–Crippen LogP) is 3.77. The molecule has 0 saturated carbocycles. The maximum absolute atomic E-state index is 5.46. The summed E-state index contributed by atoms with van der Waals surface area (Å²) in [6, 6.07) is 12.7. The second-order valence-corrected chi connectivity index (χ2v) is 6.09. The van der Waals surface area contributed by atoms with Gasteiger partial charge in [-0.05, 0) is 61.8 Å². The van der Waals surface area contributed by atoms with Crippen LogP contribution in [0, 0.1) is 5.92 Å². The van der Waals surface area contributed by atoms with Crippen LogP contribution in [0.25, 0.3) is 0 Å². The van der Waals surface area contributed by atoms with E-state index in [4.69, 9.17) is 4.74 Å². The second-order valence-electron chi connectivity index (χ2n) is 5.06. The Morgan fingerprint density at radius 3 is 2.75 bits per heavy atom. The van der Waals surface area contributed by atoms with Crippen molar-refractivity contribution in [3.63, 3.8) is 0 Å². The van der Waals surface area contributed by atoms with Crippen molar-refractivity contribution in [2.75, 3.05) is 20.7 Å². The fourth-order valence-corrected chi connectivity index (χ4v) is 3.27. The molecule has 0 saturated heterocycles. The minimum absolute atomic E-state index is 0.637. The van der Waals surface area contributed by atoms with Gasteiger partial charge in [0.25, 0.3) is 0 Å². The lowest BCUT2D eigenvalue weighted by molar-refractivity contribution is 0.398. The average Bonchev–Trinajstić information content (AvgIpc) is 2.99.